The Morgan fingerprint density at radius 3 is 2.59 bits per heavy atom. The molecule has 1 rings (SSSR count). The lowest BCUT2D eigenvalue weighted by atomic mass is 9.75. The van der Waals surface area contributed by atoms with Gasteiger partial charge in [0, 0.05) is 6.42 Å². The van der Waals surface area contributed by atoms with Gasteiger partial charge in [-0.15, -0.1) is 0 Å². The topological polar surface area (TPSA) is 47.6 Å². The first-order chi connectivity index (χ1) is 8.29. The Morgan fingerprint density at radius 2 is 2.06 bits per heavy atom. The highest BCUT2D eigenvalue weighted by Crippen LogP contribution is 2.36. The molecule has 0 unspecified atom stereocenters. The van der Waals surface area contributed by atoms with Crippen LogP contribution in [0.4, 0.5) is 0 Å². The molecule has 0 heterocycles. The molecule has 2 heteroatoms. The van der Waals surface area contributed by atoms with E-state index in [0.717, 1.165) is 37.7 Å². The summed E-state index contributed by atoms with van der Waals surface area (Å²) in [4.78, 5) is 0. The Morgan fingerprint density at radius 1 is 1.29 bits per heavy atom. The summed E-state index contributed by atoms with van der Waals surface area (Å²) < 4.78 is 0. The minimum Gasteiger partial charge on any atom is -0.196 e. The predicted octanol–water partition coefficient (Wildman–Crippen LogP) is 4.27. The molecule has 0 spiro atoms. The molecular formula is C15H20N2. The number of hydrogen-bond acceptors (Lipinski definition) is 2. The van der Waals surface area contributed by atoms with Gasteiger partial charge in [0.05, 0.1) is 12.1 Å². The molecule has 0 saturated carbocycles. The van der Waals surface area contributed by atoms with Gasteiger partial charge in [0.1, 0.15) is 0 Å². The summed E-state index contributed by atoms with van der Waals surface area (Å²) in [5.41, 5.74) is 0.125. The molecule has 0 amide bonds. The van der Waals surface area contributed by atoms with Crippen LogP contribution in [0.3, 0.4) is 0 Å². The van der Waals surface area contributed by atoms with Crippen LogP contribution in [0.1, 0.15) is 51.9 Å². The Hall–Kier alpha value is -1.54. The van der Waals surface area contributed by atoms with Gasteiger partial charge in [-0.05, 0) is 37.7 Å². The summed E-state index contributed by atoms with van der Waals surface area (Å²) in [6, 6.07) is 4.46. The maximum absolute atomic E-state index is 9.34. The van der Waals surface area contributed by atoms with E-state index in [1.54, 1.807) is 0 Å². The molecule has 0 aromatic heterocycles. The van der Waals surface area contributed by atoms with Crippen molar-refractivity contribution < 1.29 is 0 Å². The summed E-state index contributed by atoms with van der Waals surface area (Å²) in [6.07, 6.45) is 13.0. The Balaban J connectivity index is 2.79. The van der Waals surface area contributed by atoms with Crippen molar-refractivity contribution in [3.63, 3.8) is 0 Å². The molecular weight excluding hydrogens is 208 g/mol. The van der Waals surface area contributed by atoms with E-state index < -0.39 is 5.41 Å². The second-order valence-electron chi connectivity index (χ2n) is 4.57. The zero-order chi connectivity index (χ0) is 12.6. The standard InChI is InChI=1S/C15H20N2/c1-2-3-4-8-11-15(12-16,13-17)14-9-6-5-7-10-14/h4,8-9H,2-3,5-7,10-11H2,1H3. The lowest BCUT2D eigenvalue weighted by Gasteiger charge is -2.23. The third-order valence-electron chi connectivity index (χ3n) is 3.27. The second kappa shape index (κ2) is 6.92. The molecule has 0 saturated heterocycles. The molecule has 0 aromatic rings. The van der Waals surface area contributed by atoms with Gasteiger partial charge in [-0.3, -0.25) is 0 Å². The number of nitrogens with zero attached hydrogens (tertiary/aromatic N) is 2. The summed E-state index contributed by atoms with van der Waals surface area (Å²) in [5, 5.41) is 18.7. The maximum Gasteiger partial charge on any atom is 0.168 e. The van der Waals surface area contributed by atoms with Crippen molar-refractivity contribution in [3.05, 3.63) is 23.8 Å². The van der Waals surface area contributed by atoms with E-state index in [0.29, 0.717) is 6.42 Å². The summed E-state index contributed by atoms with van der Waals surface area (Å²) in [5.74, 6) is 0. The van der Waals surface area contributed by atoms with Gasteiger partial charge in [-0.1, -0.05) is 31.6 Å². The van der Waals surface area contributed by atoms with Crippen LogP contribution in [0.15, 0.2) is 23.8 Å². The monoisotopic (exact) mass is 228 g/mol. The maximum atomic E-state index is 9.34. The van der Waals surface area contributed by atoms with Crippen LogP contribution in [-0.4, -0.2) is 0 Å². The first kappa shape index (κ1) is 13.5. The van der Waals surface area contributed by atoms with Crippen LogP contribution in [0, 0.1) is 28.1 Å². The third-order valence-corrected chi connectivity index (χ3v) is 3.27. The molecule has 0 fully saturated rings. The number of rotatable bonds is 5. The van der Waals surface area contributed by atoms with Crippen molar-refractivity contribution in [1.82, 2.24) is 0 Å². The van der Waals surface area contributed by atoms with Crippen molar-refractivity contribution >= 4 is 0 Å². The van der Waals surface area contributed by atoms with Crippen molar-refractivity contribution in [3.8, 4) is 12.1 Å². The van der Waals surface area contributed by atoms with Crippen LogP contribution in [-0.2, 0) is 0 Å². The van der Waals surface area contributed by atoms with Crippen LogP contribution < -0.4 is 0 Å². The molecule has 0 radical (unpaired) electrons. The zero-order valence-electron chi connectivity index (χ0n) is 10.6. The average Bonchev–Trinajstić information content (AvgIpc) is 2.41. The summed E-state index contributed by atoms with van der Waals surface area (Å²) in [7, 11) is 0. The number of nitriles is 2. The highest BCUT2D eigenvalue weighted by molar-refractivity contribution is 5.34. The highest BCUT2D eigenvalue weighted by atomic mass is 14.4. The van der Waals surface area contributed by atoms with Crippen LogP contribution in [0.2, 0.25) is 0 Å². The number of unbranched alkanes of at least 4 members (excludes halogenated alkanes) is 1. The van der Waals surface area contributed by atoms with Crippen molar-refractivity contribution in [2.75, 3.05) is 0 Å². The largest absolute Gasteiger partial charge is 0.196 e. The first-order valence-electron chi connectivity index (χ1n) is 6.46. The molecule has 0 bridgehead atoms. The van der Waals surface area contributed by atoms with Crippen molar-refractivity contribution in [2.24, 2.45) is 5.41 Å². The fourth-order valence-electron chi connectivity index (χ4n) is 2.16. The SMILES string of the molecule is CCCC=CCC(C#N)(C#N)C1=CCCCC1. The number of allylic oxidation sites excluding steroid dienone is 4. The van der Waals surface area contributed by atoms with Gasteiger partial charge >= 0.3 is 0 Å². The average molecular weight is 228 g/mol. The van der Waals surface area contributed by atoms with Crippen molar-refractivity contribution in [1.29, 1.82) is 10.5 Å². The normalized spacial score (nSPS) is 16.3. The quantitative estimate of drug-likeness (QED) is 0.660. The molecule has 0 aromatic carbocycles. The van der Waals surface area contributed by atoms with E-state index in [-0.39, 0.29) is 0 Å². The molecule has 1 aliphatic carbocycles. The molecule has 0 N–H and O–H groups in total. The van der Waals surface area contributed by atoms with Gasteiger partial charge < -0.3 is 0 Å². The lowest BCUT2D eigenvalue weighted by Crippen LogP contribution is -2.20. The predicted molar refractivity (Wildman–Crippen MR) is 68.9 cm³/mol. The van der Waals surface area contributed by atoms with E-state index in [2.05, 4.69) is 31.2 Å². The highest BCUT2D eigenvalue weighted by Gasteiger charge is 2.33. The van der Waals surface area contributed by atoms with E-state index in [4.69, 9.17) is 0 Å². The van der Waals surface area contributed by atoms with Gasteiger partial charge in [0.25, 0.3) is 0 Å². The van der Waals surface area contributed by atoms with Gasteiger partial charge in [0.2, 0.25) is 0 Å². The Bertz CT molecular complexity index is 363. The number of hydrogen-bond donors (Lipinski definition) is 0. The fraction of sp³-hybridized carbons (Fsp3) is 0.600. The van der Waals surface area contributed by atoms with E-state index in [1.807, 2.05) is 6.08 Å². The van der Waals surface area contributed by atoms with Gasteiger partial charge in [-0.25, -0.2) is 0 Å². The molecule has 2 nitrogen and oxygen atoms in total. The molecule has 0 aliphatic heterocycles. The van der Waals surface area contributed by atoms with E-state index >= 15 is 0 Å². The van der Waals surface area contributed by atoms with Crippen LogP contribution in [0.25, 0.3) is 0 Å². The Kier molecular flexibility index (Phi) is 5.50. The third kappa shape index (κ3) is 3.46. The molecule has 0 atom stereocenters. The van der Waals surface area contributed by atoms with E-state index in [1.165, 1.54) is 6.42 Å². The minimum absolute atomic E-state index is 0.534. The van der Waals surface area contributed by atoms with E-state index in [9.17, 15) is 10.5 Å². The van der Waals surface area contributed by atoms with Gasteiger partial charge in [-0.2, -0.15) is 10.5 Å². The van der Waals surface area contributed by atoms with Gasteiger partial charge in [0.15, 0.2) is 5.41 Å². The first-order valence-corrected chi connectivity index (χ1v) is 6.46. The Labute approximate surface area is 104 Å². The zero-order valence-corrected chi connectivity index (χ0v) is 10.6. The molecule has 17 heavy (non-hydrogen) atoms. The summed E-state index contributed by atoms with van der Waals surface area (Å²) >= 11 is 0. The van der Waals surface area contributed by atoms with Crippen LogP contribution in [0.5, 0.6) is 0 Å². The second-order valence-corrected chi connectivity index (χ2v) is 4.57. The minimum atomic E-state index is -0.912. The fourth-order valence-corrected chi connectivity index (χ4v) is 2.16. The molecule has 1 aliphatic rings. The van der Waals surface area contributed by atoms with Crippen LogP contribution >= 0.6 is 0 Å². The molecule has 90 valence electrons. The summed E-state index contributed by atoms with van der Waals surface area (Å²) in [6.45, 7) is 2.12. The smallest absolute Gasteiger partial charge is 0.168 e. The van der Waals surface area contributed by atoms with Crippen molar-refractivity contribution in [2.45, 2.75) is 51.9 Å². The lowest BCUT2D eigenvalue weighted by molar-refractivity contribution is 0.551.